The monoisotopic (exact) mass is 388 g/mol. The highest BCUT2D eigenvalue weighted by atomic mass is 16.2. The smallest absolute Gasteiger partial charge is 0.265 e. The van der Waals surface area contributed by atoms with Crippen LogP contribution in [-0.2, 0) is 0 Å². The fourth-order valence-electron chi connectivity index (χ4n) is 4.96. The van der Waals surface area contributed by atoms with Gasteiger partial charge in [0.25, 0.3) is 11.5 Å². The van der Waals surface area contributed by atoms with Gasteiger partial charge in [0.2, 0.25) is 0 Å². The van der Waals surface area contributed by atoms with E-state index in [1.807, 2.05) is 42.2 Å². The summed E-state index contributed by atoms with van der Waals surface area (Å²) >= 11 is 0. The maximum Gasteiger partial charge on any atom is 0.265 e. The molecule has 2 N–H and O–H groups in total. The van der Waals surface area contributed by atoms with Crippen LogP contribution in [0, 0.1) is 18.8 Å². The third-order valence-electron chi connectivity index (χ3n) is 6.52. The van der Waals surface area contributed by atoms with E-state index >= 15 is 0 Å². The predicted molar refractivity (Wildman–Crippen MR) is 112 cm³/mol. The minimum atomic E-state index is -0.103. The van der Waals surface area contributed by atoms with Gasteiger partial charge in [0.15, 0.2) is 0 Å². The number of likely N-dealkylation sites (tertiary alicyclic amines) is 1. The van der Waals surface area contributed by atoms with Gasteiger partial charge in [-0.05, 0) is 68.0 Å². The fraction of sp³-hybridized carbons (Fsp3) is 0.348. The second-order valence-electron chi connectivity index (χ2n) is 8.24. The van der Waals surface area contributed by atoms with Crippen LogP contribution in [0.1, 0.15) is 29.0 Å². The molecule has 148 valence electrons. The number of fused-ring (bicyclic) bond motifs is 2. The zero-order valence-electron chi connectivity index (χ0n) is 16.4. The molecule has 5 rings (SSSR count). The van der Waals surface area contributed by atoms with Gasteiger partial charge in [-0.15, -0.1) is 0 Å². The summed E-state index contributed by atoms with van der Waals surface area (Å²) in [5.74, 6) is 1.63. The maximum absolute atomic E-state index is 13.0. The summed E-state index contributed by atoms with van der Waals surface area (Å²) < 4.78 is 1.59. The summed E-state index contributed by atoms with van der Waals surface area (Å²) in [7, 11) is 0. The van der Waals surface area contributed by atoms with Crippen molar-refractivity contribution in [3.05, 3.63) is 70.3 Å². The molecule has 2 aliphatic rings. The van der Waals surface area contributed by atoms with E-state index in [1.165, 1.54) is 0 Å². The lowest BCUT2D eigenvalue weighted by atomic mass is 9.98. The first-order chi connectivity index (χ1) is 14.0. The molecule has 3 aromatic rings. The molecule has 0 spiro atoms. The zero-order chi connectivity index (χ0) is 20.1. The van der Waals surface area contributed by atoms with Crippen molar-refractivity contribution in [1.29, 1.82) is 0 Å². The number of hydrogen-bond acceptors (Lipinski definition) is 4. The fourth-order valence-corrected chi connectivity index (χ4v) is 4.96. The SMILES string of the molecule is Cc1nc2ccccc2c(=O)n1-c1ccc(C(=O)N2CC3CCC(N)C3C2)cc1. The number of rotatable bonds is 2. The van der Waals surface area contributed by atoms with Crippen LogP contribution in [-0.4, -0.2) is 39.5 Å². The molecule has 1 saturated heterocycles. The Bertz CT molecular complexity index is 1150. The van der Waals surface area contributed by atoms with Crippen LogP contribution < -0.4 is 11.3 Å². The van der Waals surface area contributed by atoms with Crippen molar-refractivity contribution in [3.8, 4) is 5.69 Å². The first-order valence-electron chi connectivity index (χ1n) is 10.2. The Hall–Kier alpha value is -2.99. The second kappa shape index (κ2) is 6.81. The summed E-state index contributed by atoms with van der Waals surface area (Å²) in [6.45, 7) is 3.37. The molecule has 0 bridgehead atoms. The van der Waals surface area contributed by atoms with E-state index in [4.69, 9.17) is 5.73 Å². The third kappa shape index (κ3) is 2.95. The van der Waals surface area contributed by atoms with Crippen molar-refractivity contribution in [2.24, 2.45) is 17.6 Å². The molecule has 29 heavy (non-hydrogen) atoms. The average Bonchev–Trinajstić information content (AvgIpc) is 3.30. The van der Waals surface area contributed by atoms with Gasteiger partial charge in [-0.25, -0.2) is 4.98 Å². The molecule has 1 saturated carbocycles. The molecule has 1 aliphatic heterocycles. The van der Waals surface area contributed by atoms with Gasteiger partial charge in [-0.1, -0.05) is 12.1 Å². The van der Waals surface area contributed by atoms with E-state index in [1.54, 1.807) is 22.8 Å². The van der Waals surface area contributed by atoms with Crippen LogP contribution in [0.5, 0.6) is 0 Å². The summed E-state index contributed by atoms with van der Waals surface area (Å²) in [5.41, 5.74) is 8.14. The lowest BCUT2D eigenvalue weighted by Gasteiger charge is -2.19. The number of nitrogens with zero attached hydrogens (tertiary/aromatic N) is 3. The number of carbonyl (C=O) groups is 1. The van der Waals surface area contributed by atoms with E-state index in [0.29, 0.717) is 39.8 Å². The van der Waals surface area contributed by atoms with Gasteiger partial charge in [0.05, 0.1) is 16.6 Å². The Balaban J connectivity index is 1.43. The molecule has 1 aromatic heterocycles. The van der Waals surface area contributed by atoms with Crippen LogP contribution in [0.25, 0.3) is 16.6 Å². The van der Waals surface area contributed by atoms with Gasteiger partial charge in [-0.2, -0.15) is 0 Å². The van der Waals surface area contributed by atoms with E-state index < -0.39 is 0 Å². The quantitative estimate of drug-likeness (QED) is 0.731. The van der Waals surface area contributed by atoms with Gasteiger partial charge in [-0.3, -0.25) is 14.2 Å². The highest BCUT2D eigenvalue weighted by Gasteiger charge is 2.42. The van der Waals surface area contributed by atoms with Crippen LogP contribution in [0.15, 0.2) is 53.3 Å². The number of carbonyl (C=O) groups excluding carboxylic acids is 1. The normalized spacial score (nSPS) is 23.5. The Morgan fingerprint density at radius 2 is 1.83 bits per heavy atom. The van der Waals surface area contributed by atoms with Crippen LogP contribution in [0.4, 0.5) is 0 Å². The Morgan fingerprint density at radius 3 is 2.59 bits per heavy atom. The molecule has 3 unspecified atom stereocenters. The molecule has 2 aromatic carbocycles. The molecule has 0 radical (unpaired) electrons. The molecule has 2 fully saturated rings. The number of benzene rings is 2. The van der Waals surface area contributed by atoms with E-state index in [9.17, 15) is 9.59 Å². The van der Waals surface area contributed by atoms with Crippen molar-refractivity contribution in [2.45, 2.75) is 25.8 Å². The van der Waals surface area contributed by atoms with E-state index in [2.05, 4.69) is 4.98 Å². The number of aryl methyl sites for hydroxylation is 1. The molecular formula is C23H24N4O2. The van der Waals surface area contributed by atoms with Crippen LogP contribution in [0.3, 0.4) is 0 Å². The Morgan fingerprint density at radius 1 is 1.07 bits per heavy atom. The van der Waals surface area contributed by atoms with Gasteiger partial charge in [0, 0.05) is 24.7 Å². The Labute approximate surface area is 169 Å². The number of nitrogens with two attached hydrogens (primary N) is 1. The van der Waals surface area contributed by atoms with Gasteiger partial charge < -0.3 is 10.6 Å². The lowest BCUT2D eigenvalue weighted by Crippen LogP contribution is -2.33. The second-order valence-corrected chi connectivity index (χ2v) is 8.24. The molecule has 1 amide bonds. The van der Waals surface area contributed by atoms with Crippen molar-refractivity contribution in [1.82, 2.24) is 14.5 Å². The predicted octanol–water partition coefficient (Wildman–Crippen LogP) is 2.50. The molecule has 1 aliphatic carbocycles. The minimum absolute atomic E-state index is 0.0406. The number of hydrogen-bond donors (Lipinski definition) is 1. The highest BCUT2D eigenvalue weighted by Crippen LogP contribution is 2.37. The van der Waals surface area contributed by atoms with Crippen molar-refractivity contribution in [3.63, 3.8) is 0 Å². The number of para-hydroxylation sites is 1. The topological polar surface area (TPSA) is 81.2 Å². The third-order valence-corrected chi connectivity index (χ3v) is 6.52. The molecule has 6 heteroatoms. The zero-order valence-corrected chi connectivity index (χ0v) is 16.4. The average molecular weight is 388 g/mol. The first-order valence-corrected chi connectivity index (χ1v) is 10.2. The van der Waals surface area contributed by atoms with Crippen LogP contribution in [0.2, 0.25) is 0 Å². The number of aromatic nitrogens is 2. The van der Waals surface area contributed by atoms with Gasteiger partial charge >= 0.3 is 0 Å². The largest absolute Gasteiger partial charge is 0.338 e. The van der Waals surface area contributed by atoms with E-state index in [0.717, 1.165) is 25.9 Å². The van der Waals surface area contributed by atoms with Crippen molar-refractivity contribution in [2.75, 3.05) is 13.1 Å². The number of amides is 1. The molecular weight excluding hydrogens is 364 g/mol. The Kier molecular flexibility index (Phi) is 4.24. The molecule has 3 atom stereocenters. The summed E-state index contributed by atoms with van der Waals surface area (Å²) in [6, 6.07) is 14.8. The maximum atomic E-state index is 13.0. The van der Waals surface area contributed by atoms with Crippen molar-refractivity contribution >= 4 is 16.8 Å². The minimum Gasteiger partial charge on any atom is -0.338 e. The van der Waals surface area contributed by atoms with Crippen molar-refractivity contribution < 1.29 is 4.79 Å². The summed E-state index contributed by atoms with van der Waals surface area (Å²) in [4.78, 5) is 32.4. The summed E-state index contributed by atoms with van der Waals surface area (Å²) in [6.07, 6.45) is 2.19. The highest BCUT2D eigenvalue weighted by molar-refractivity contribution is 5.94. The van der Waals surface area contributed by atoms with Gasteiger partial charge in [0.1, 0.15) is 5.82 Å². The van der Waals surface area contributed by atoms with Crippen LogP contribution >= 0.6 is 0 Å². The summed E-state index contributed by atoms with van der Waals surface area (Å²) in [5, 5.41) is 0.582. The molecule has 6 nitrogen and oxygen atoms in total. The first kappa shape index (κ1) is 18.1. The lowest BCUT2D eigenvalue weighted by molar-refractivity contribution is 0.0779. The molecule has 2 heterocycles. The standard InChI is InChI=1S/C23H24N4O2/c1-14-25-21-5-3-2-4-18(21)23(29)27(14)17-9-6-15(7-10-17)22(28)26-12-16-8-11-20(24)19(16)13-26/h2-7,9-10,16,19-20H,8,11-13,24H2,1H3. The van der Waals surface area contributed by atoms with E-state index in [-0.39, 0.29) is 17.5 Å².